The largest absolute Gasteiger partial charge is 0.274 e. The van der Waals surface area contributed by atoms with E-state index >= 15 is 0 Å². The Kier molecular flexibility index (Phi) is 4.21. The molecule has 2 aromatic heterocycles. The van der Waals surface area contributed by atoms with Gasteiger partial charge in [0.05, 0.1) is 33.9 Å². The number of amides is 2. The second-order valence-electron chi connectivity index (χ2n) is 6.95. The molecule has 0 saturated heterocycles. The summed E-state index contributed by atoms with van der Waals surface area (Å²) >= 11 is 0. The van der Waals surface area contributed by atoms with Crippen molar-refractivity contribution in [3.05, 3.63) is 100 Å². The molecule has 1 aliphatic heterocycles. The molecule has 5 rings (SSSR count). The van der Waals surface area contributed by atoms with Crippen molar-refractivity contribution in [2.24, 2.45) is 0 Å². The first-order chi connectivity index (χ1) is 14.6. The lowest BCUT2D eigenvalue weighted by molar-refractivity contribution is 0.0655. The van der Waals surface area contributed by atoms with Gasteiger partial charge in [0.25, 0.3) is 17.4 Å². The van der Waals surface area contributed by atoms with E-state index in [1.165, 1.54) is 9.47 Å². The van der Waals surface area contributed by atoms with Crippen LogP contribution in [0.3, 0.4) is 0 Å². The van der Waals surface area contributed by atoms with Crippen LogP contribution in [0.15, 0.2) is 77.9 Å². The van der Waals surface area contributed by atoms with Gasteiger partial charge in [0, 0.05) is 19.2 Å². The molecule has 0 saturated carbocycles. The first kappa shape index (κ1) is 17.9. The zero-order valence-corrected chi connectivity index (χ0v) is 15.9. The molecule has 0 radical (unpaired) electrons. The standard InChI is InChI=1S/C23H16N4O3/c28-21-16-7-1-2-8-17(16)22(29)26(21)13-11-20-25-19-10-4-3-9-18(19)23(30)27(20)15-6-5-12-24-14-15/h1-10,12,14H,11,13H2. The van der Waals surface area contributed by atoms with Crippen LogP contribution in [0.1, 0.15) is 26.5 Å². The fourth-order valence-electron chi connectivity index (χ4n) is 3.75. The van der Waals surface area contributed by atoms with Gasteiger partial charge < -0.3 is 0 Å². The summed E-state index contributed by atoms with van der Waals surface area (Å²) in [6.45, 7) is 0.122. The number of hydrogen-bond acceptors (Lipinski definition) is 5. The maximum absolute atomic E-state index is 13.2. The Labute approximate surface area is 171 Å². The quantitative estimate of drug-likeness (QED) is 0.495. The highest BCUT2D eigenvalue weighted by molar-refractivity contribution is 6.21. The number of carbonyl (C=O) groups is 2. The van der Waals surface area contributed by atoms with E-state index in [9.17, 15) is 14.4 Å². The number of hydrogen-bond donors (Lipinski definition) is 0. The van der Waals surface area contributed by atoms with E-state index in [0.717, 1.165) is 0 Å². The molecule has 0 bridgehead atoms. The van der Waals surface area contributed by atoms with E-state index in [1.807, 2.05) is 6.07 Å². The third kappa shape index (κ3) is 2.79. The van der Waals surface area contributed by atoms with Crippen LogP contribution in [-0.4, -0.2) is 37.8 Å². The number of benzene rings is 2. The first-order valence-corrected chi connectivity index (χ1v) is 9.51. The van der Waals surface area contributed by atoms with Crippen molar-refractivity contribution >= 4 is 22.7 Å². The van der Waals surface area contributed by atoms with Gasteiger partial charge in [-0.3, -0.25) is 28.8 Å². The van der Waals surface area contributed by atoms with Crippen LogP contribution in [0.25, 0.3) is 16.6 Å². The van der Waals surface area contributed by atoms with E-state index < -0.39 is 0 Å². The Morgan fingerprint density at radius 2 is 1.50 bits per heavy atom. The highest BCUT2D eigenvalue weighted by Gasteiger charge is 2.34. The molecule has 30 heavy (non-hydrogen) atoms. The van der Waals surface area contributed by atoms with Crippen LogP contribution in [0.4, 0.5) is 0 Å². The minimum atomic E-state index is -0.327. The van der Waals surface area contributed by atoms with E-state index in [0.29, 0.717) is 33.5 Å². The van der Waals surface area contributed by atoms with Crippen LogP contribution < -0.4 is 5.56 Å². The Balaban J connectivity index is 1.56. The van der Waals surface area contributed by atoms with Gasteiger partial charge in [0.1, 0.15) is 5.82 Å². The highest BCUT2D eigenvalue weighted by atomic mass is 16.2. The SMILES string of the molecule is O=C1c2ccccc2C(=O)N1CCc1nc2ccccc2c(=O)n1-c1cccnc1. The van der Waals surface area contributed by atoms with E-state index in [1.54, 1.807) is 67.0 Å². The smallest absolute Gasteiger partial charge is 0.266 e. The van der Waals surface area contributed by atoms with Gasteiger partial charge >= 0.3 is 0 Å². The van der Waals surface area contributed by atoms with Gasteiger partial charge in [-0.1, -0.05) is 24.3 Å². The summed E-state index contributed by atoms with van der Waals surface area (Å²) in [4.78, 5) is 48.5. The molecule has 0 N–H and O–H groups in total. The van der Waals surface area contributed by atoms with Gasteiger partial charge in [-0.05, 0) is 36.4 Å². The number of rotatable bonds is 4. The molecule has 4 aromatic rings. The Morgan fingerprint density at radius 1 is 0.800 bits per heavy atom. The lowest BCUT2D eigenvalue weighted by atomic mass is 10.1. The topological polar surface area (TPSA) is 85.2 Å². The molecule has 7 nitrogen and oxygen atoms in total. The van der Waals surface area contributed by atoms with Gasteiger partial charge in [0.15, 0.2) is 0 Å². The van der Waals surface area contributed by atoms with Crippen LogP contribution in [0.2, 0.25) is 0 Å². The Hall–Kier alpha value is -4.13. The Morgan fingerprint density at radius 3 is 2.20 bits per heavy atom. The normalized spacial score (nSPS) is 13.1. The van der Waals surface area contributed by atoms with Crippen molar-refractivity contribution in [2.45, 2.75) is 6.42 Å². The predicted molar refractivity (Wildman–Crippen MR) is 111 cm³/mol. The van der Waals surface area contributed by atoms with Gasteiger partial charge in [-0.15, -0.1) is 0 Å². The lowest BCUT2D eigenvalue weighted by Crippen LogP contribution is -2.33. The molecule has 0 unspecified atom stereocenters. The van der Waals surface area contributed by atoms with Crippen LogP contribution in [-0.2, 0) is 6.42 Å². The molecule has 3 heterocycles. The summed E-state index contributed by atoms with van der Waals surface area (Å²) in [6, 6.07) is 17.4. The molecule has 146 valence electrons. The molecule has 2 aromatic carbocycles. The first-order valence-electron chi connectivity index (χ1n) is 9.51. The predicted octanol–water partition coefficient (Wildman–Crippen LogP) is 2.62. The van der Waals surface area contributed by atoms with Gasteiger partial charge in [-0.2, -0.15) is 0 Å². The molecular weight excluding hydrogens is 380 g/mol. The fourth-order valence-corrected chi connectivity index (χ4v) is 3.75. The third-order valence-corrected chi connectivity index (χ3v) is 5.19. The molecule has 7 heteroatoms. The van der Waals surface area contributed by atoms with E-state index in [4.69, 9.17) is 0 Å². The third-order valence-electron chi connectivity index (χ3n) is 5.19. The number of imide groups is 1. The average Bonchev–Trinajstić information content (AvgIpc) is 3.03. The number of aromatic nitrogens is 3. The molecule has 0 spiro atoms. The van der Waals surface area contributed by atoms with Crippen molar-refractivity contribution in [2.75, 3.05) is 6.54 Å². The highest BCUT2D eigenvalue weighted by Crippen LogP contribution is 2.23. The summed E-state index contributed by atoms with van der Waals surface area (Å²) < 4.78 is 1.49. The van der Waals surface area contributed by atoms with Crippen LogP contribution in [0.5, 0.6) is 0 Å². The van der Waals surface area contributed by atoms with Crippen molar-refractivity contribution < 1.29 is 9.59 Å². The molecule has 0 fully saturated rings. The minimum absolute atomic E-state index is 0.122. The summed E-state index contributed by atoms with van der Waals surface area (Å²) in [7, 11) is 0. The molecule has 1 aliphatic rings. The summed E-state index contributed by atoms with van der Waals surface area (Å²) in [5, 5.41) is 0.492. The second kappa shape index (κ2) is 7.04. The van der Waals surface area contributed by atoms with E-state index in [2.05, 4.69) is 9.97 Å². The number of carbonyl (C=O) groups excluding carboxylic acids is 2. The van der Waals surface area contributed by atoms with Crippen molar-refractivity contribution in [3.63, 3.8) is 0 Å². The summed E-state index contributed by atoms with van der Waals surface area (Å²) in [5.74, 6) is -0.193. The number of para-hydroxylation sites is 1. The van der Waals surface area contributed by atoms with Crippen molar-refractivity contribution in [1.29, 1.82) is 0 Å². The van der Waals surface area contributed by atoms with Gasteiger partial charge in [0.2, 0.25) is 0 Å². The zero-order chi connectivity index (χ0) is 20.7. The van der Waals surface area contributed by atoms with E-state index in [-0.39, 0.29) is 30.3 Å². The van der Waals surface area contributed by atoms with Crippen LogP contribution in [0, 0.1) is 0 Å². The second-order valence-corrected chi connectivity index (χ2v) is 6.95. The maximum Gasteiger partial charge on any atom is 0.266 e. The van der Waals surface area contributed by atoms with Gasteiger partial charge in [-0.25, -0.2) is 4.98 Å². The lowest BCUT2D eigenvalue weighted by Gasteiger charge is -2.17. The minimum Gasteiger partial charge on any atom is -0.274 e. The average molecular weight is 396 g/mol. The Bertz CT molecular complexity index is 1330. The van der Waals surface area contributed by atoms with Crippen LogP contribution >= 0.6 is 0 Å². The molecule has 0 aliphatic carbocycles. The summed E-state index contributed by atoms with van der Waals surface area (Å²) in [5.41, 5.74) is 1.74. The molecular formula is C23H16N4O3. The van der Waals surface area contributed by atoms with Crippen molar-refractivity contribution in [3.8, 4) is 5.69 Å². The summed E-state index contributed by atoms with van der Waals surface area (Å²) in [6.07, 6.45) is 3.45. The van der Waals surface area contributed by atoms with Crippen molar-refractivity contribution in [1.82, 2.24) is 19.4 Å². The molecule has 2 amide bonds. The number of pyridine rings is 1. The number of nitrogens with zero attached hydrogens (tertiary/aromatic N) is 4. The monoisotopic (exact) mass is 396 g/mol. The fraction of sp³-hybridized carbons (Fsp3) is 0.0870. The zero-order valence-electron chi connectivity index (χ0n) is 15.9. The maximum atomic E-state index is 13.2. The molecule has 0 atom stereocenters. The number of fused-ring (bicyclic) bond motifs is 2.